The standard InChI is InChI=1S/C26H39N7O3S/c1-25(10-12-26(13-11-25,30(2)3)21-8-6-5-7-9-21)20-33(23(27)34)22-18-28-24(29-19-22)31-14-16-32(17-15-31)37(4,35)36/h5-9,18-19H,10-17,20H2,1-4H3,(H2,27,34)/t25-,26-. The summed E-state index contributed by atoms with van der Waals surface area (Å²) in [6.07, 6.45) is 8.37. The van der Waals surface area contributed by atoms with Gasteiger partial charge in [-0.1, -0.05) is 37.3 Å². The van der Waals surface area contributed by atoms with Crippen LogP contribution in [-0.2, 0) is 15.6 Å². The van der Waals surface area contributed by atoms with Crippen molar-refractivity contribution in [3.63, 3.8) is 0 Å². The highest BCUT2D eigenvalue weighted by Gasteiger charge is 2.44. The van der Waals surface area contributed by atoms with Crippen molar-refractivity contribution >= 4 is 27.7 Å². The van der Waals surface area contributed by atoms with Gasteiger partial charge in [0.25, 0.3) is 0 Å². The molecule has 2 amide bonds. The van der Waals surface area contributed by atoms with E-state index in [4.69, 9.17) is 5.73 Å². The fourth-order valence-electron chi connectivity index (χ4n) is 5.68. The number of carbonyl (C=O) groups excluding carboxylic acids is 1. The van der Waals surface area contributed by atoms with E-state index in [9.17, 15) is 13.2 Å². The molecule has 1 aromatic carbocycles. The van der Waals surface area contributed by atoms with Crippen molar-refractivity contribution in [2.45, 2.75) is 38.1 Å². The fourth-order valence-corrected chi connectivity index (χ4v) is 6.51. The molecule has 4 rings (SSSR count). The van der Waals surface area contributed by atoms with Crippen LogP contribution in [0.4, 0.5) is 16.4 Å². The molecule has 37 heavy (non-hydrogen) atoms. The summed E-state index contributed by atoms with van der Waals surface area (Å²) in [5.41, 5.74) is 7.61. The molecule has 2 heterocycles. The summed E-state index contributed by atoms with van der Waals surface area (Å²) < 4.78 is 25.0. The van der Waals surface area contributed by atoms with E-state index in [-0.39, 0.29) is 11.0 Å². The highest BCUT2D eigenvalue weighted by Crippen LogP contribution is 2.48. The molecule has 1 aromatic heterocycles. The number of primary amides is 1. The summed E-state index contributed by atoms with van der Waals surface area (Å²) in [6, 6.07) is 10.1. The quantitative estimate of drug-likeness (QED) is 0.586. The topological polar surface area (TPSA) is 116 Å². The van der Waals surface area contributed by atoms with Crippen molar-refractivity contribution in [1.29, 1.82) is 0 Å². The molecule has 1 aliphatic carbocycles. The Morgan fingerprint density at radius 2 is 1.57 bits per heavy atom. The van der Waals surface area contributed by atoms with Gasteiger partial charge < -0.3 is 10.6 Å². The van der Waals surface area contributed by atoms with Crippen molar-refractivity contribution in [3.05, 3.63) is 48.3 Å². The van der Waals surface area contributed by atoms with E-state index in [0.717, 1.165) is 25.7 Å². The first kappa shape index (κ1) is 27.3. The normalized spacial score (nSPS) is 25.3. The highest BCUT2D eigenvalue weighted by atomic mass is 32.2. The Hall–Kier alpha value is -2.76. The first-order valence-electron chi connectivity index (χ1n) is 12.8. The van der Waals surface area contributed by atoms with Gasteiger partial charge in [-0.05, 0) is 50.8 Å². The molecule has 1 aliphatic heterocycles. The SMILES string of the molecule is CN(C)[C@]1(c2ccccc2)CC[C@@](C)(CN(C(N)=O)c2cnc(N3CCN(S(C)(=O)=O)CC3)nc2)CC1. The first-order chi connectivity index (χ1) is 17.4. The Balaban J connectivity index is 1.44. The number of amides is 2. The van der Waals surface area contributed by atoms with Crippen LogP contribution in [0.1, 0.15) is 38.2 Å². The van der Waals surface area contributed by atoms with Crippen LogP contribution < -0.4 is 15.5 Å². The molecule has 2 N–H and O–H groups in total. The molecule has 0 spiro atoms. The Kier molecular flexibility index (Phi) is 7.77. The van der Waals surface area contributed by atoms with Crippen LogP contribution in [0.2, 0.25) is 0 Å². The number of piperazine rings is 1. The van der Waals surface area contributed by atoms with Gasteiger partial charge >= 0.3 is 6.03 Å². The van der Waals surface area contributed by atoms with Crippen LogP contribution in [0.3, 0.4) is 0 Å². The van der Waals surface area contributed by atoms with Gasteiger partial charge in [-0.3, -0.25) is 9.80 Å². The Bertz CT molecular complexity index is 1170. The molecule has 11 heteroatoms. The maximum absolute atomic E-state index is 12.5. The molecule has 2 aliphatic rings. The number of rotatable bonds is 7. The van der Waals surface area contributed by atoms with Crippen LogP contribution in [0.25, 0.3) is 0 Å². The van der Waals surface area contributed by atoms with Crippen molar-refractivity contribution in [2.24, 2.45) is 11.1 Å². The lowest BCUT2D eigenvalue weighted by atomic mass is 9.65. The second-order valence-electron chi connectivity index (χ2n) is 10.9. The number of nitrogens with two attached hydrogens (primary N) is 1. The highest BCUT2D eigenvalue weighted by molar-refractivity contribution is 7.88. The van der Waals surface area contributed by atoms with E-state index >= 15 is 0 Å². The minimum absolute atomic E-state index is 0.0236. The predicted octanol–water partition coefficient (Wildman–Crippen LogP) is 2.48. The first-order valence-corrected chi connectivity index (χ1v) is 14.6. The molecule has 0 radical (unpaired) electrons. The number of nitrogens with zero attached hydrogens (tertiary/aromatic N) is 6. The zero-order valence-electron chi connectivity index (χ0n) is 22.3. The summed E-state index contributed by atoms with van der Waals surface area (Å²) in [5.74, 6) is 0.517. The number of carbonyl (C=O) groups is 1. The predicted molar refractivity (Wildman–Crippen MR) is 146 cm³/mol. The van der Waals surface area contributed by atoms with Gasteiger partial charge in [-0.2, -0.15) is 4.31 Å². The second-order valence-corrected chi connectivity index (χ2v) is 12.9. The molecule has 0 unspecified atom stereocenters. The average Bonchev–Trinajstić information content (AvgIpc) is 2.88. The number of hydrogen-bond acceptors (Lipinski definition) is 7. The fraction of sp³-hybridized carbons (Fsp3) is 0.577. The second kappa shape index (κ2) is 10.5. The minimum atomic E-state index is -3.20. The minimum Gasteiger partial charge on any atom is -0.351 e. The van der Waals surface area contributed by atoms with E-state index < -0.39 is 16.1 Å². The van der Waals surface area contributed by atoms with Crippen LogP contribution in [-0.4, -0.2) is 86.7 Å². The zero-order chi connectivity index (χ0) is 26.8. The number of benzene rings is 1. The van der Waals surface area contributed by atoms with Gasteiger partial charge in [-0.15, -0.1) is 0 Å². The lowest BCUT2D eigenvalue weighted by molar-refractivity contribution is 0.0459. The van der Waals surface area contributed by atoms with Gasteiger partial charge in [0.05, 0.1) is 24.3 Å². The molecular weight excluding hydrogens is 490 g/mol. The van der Waals surface area contributed by atoms with E-state index in [1.807, 2.05) is 11.0 Å². The molecule has 2 fully saturated rings. The smallest absolute Gasteiger partial charge is 0.319 e. The lowest BCUT2D eigenvalue weighted by Gasteiger charge is -2.50. The van der Waals surface area contributed by atoms with Crippen LogP contribution in [0, 0.1) is 5.41 Å². The number of sulfonamides is 1. The molecule has 2 aromatic rings. The lowest BCUT2D eigenvalue weighted by Crippen LogP contribution is -2.50. The molecule has 10 nitrogen and oxygen atoms in total. The van der Waals surface area contributed by atoms with Crippen molar-refractivity contribution in [1.82, 2.24) is 19.2 Å². The van der Waals surface area contributed by atoms with Gasteiger partial charge in [0.15, 0.2) is 0 Å². The number of hydrogen-bond donors (Lipinski definition) is 1. The van der Waals surface area contributed by atoms with E-state index in [2.05, 4.69) is 60.2 Å². The largest absolute Gasteiger partial charge is 0.351 e. The van der Waals surface area contributed by atoms with Gasteiger partial charge in [0.2, 0.25) is 16.0 Å². The summed E-state index contributed by atoms with van der Waals surface area (Å²) in [7, 11) is 1.09. The molecule has 1 saturated heterocycles. The number of aromatic nitrogens is 2. The Morgan fingerprint density at radius 3 is 2.05 bits per heavy atom. The van der Waals surface area contributed by atoms with Gasteiger partial charge in [-0.25, -0.2) is 23.2 Å². The molecule has 0 bridgehead atoms. The van der Waals surface area contributed by atoms with Crippen LogP contribution >= 0.6 is 0 Å². The van der Waals surface area contributed by atoms with Crippen molar-refractivity contribution in [3.8, 4) is 0 Å². The van der Waals surface area contributed by atoms with Crippen LogP contribution in [0.15, 0.2) is 42.7 Å². The summed E-state index contributed by atoms with van der Waals surface area (Å²) in [4.78, 5) is 27.3. The van der Waals surface area contributed by atoms with E-state index in [0.29, 0.717) is 44.4 Å². The van der Waals surface area contributed by atoms with Gasteiger partial charge in [0, 0.05) is 38.3 Å². The maximum Gasteiger partial charge on any atom is 0.319 e. The average molecular weight is 530 g/mol. The van der Waals surface area contributed by atoms with Gasteiger partial charge in [0.1, 0.15) is 0 Å². The van der Waals surface area contributed by atoms with Crippen LogP contribution in [0.5, 0.6) is 0 Å². The van der Waals surface area contributed by atoms with E-state index in [1.165, 1.54) is 16.1 Å². The maximum atomic E-state index is 12.5. The Morgan fingerprint density at radius 1 is 1.00 bits per heavy atom. The number of anilines is 2. The third kappa shape index (κ3) is 5.89. The molecule has 1 saturated carbocycles. The van der Waals surface area contributed by atoms with E-state index in [1.54, 1.807) is 17.3 Å². The summed E-state index contributed by atoms with van der Waals surface area (Å²) >= 11 is 0. The third-order valence-corrected chi connectivity index (χ3v) is 9.49. The summed E-state index contributed by atoms with van der Waals surface area (Å²) in [6.45, 7) is 4.54. The monoisotopic (exact) mass is 529 g/mol. The molecular formula is C26H39N7O3S. The summed E-state index contributed by atoms with van der Waals surface area (Å²) in [5, 5.41) is 0. The Labute approximate surface area is 220 Å². The number of urea groups is 1. The zero-order valence-corrected chi connectivity index (χ0v) is 23.1. The molecule has 0 atom stereocenters. The van der Waals surface area contributed by atoms with Crippen molar-refractivity contribution in [2.75, 3.05) is 62.9 Å². The van der Waals surface area contributed by atoms with Crippen molar-refractivity contribution < 1.29 is 13.2 Å². The third-order valence-electron chi connectivity index (χ3n) is 8.18. The molecule has 202 valence electrons.